The van der Waals surface area contributed by atoms with Crippen LogP contribution in [0, 0.1) is 0 Å². The molecule has 0 atom stereocenters. The SMILES string of the molecule is [C]1=NCCS1.[Ni]. The Morgan fingerprint density at radius 3 is 2.67 bits per heavy atom. The van der Waals surface area contributed by atoms with Gasteiger partial charge in [0.2, 0.25) is 0 Å². The third-order valence-corrected chi connectivity index (χ3v) is 1.08. The molecule has 3 heteroatoms. The second-order valence-electron chi connectivity index (χ2n) is 0.821. The van der Waals surface area contributed by atoms with Gasteiger partial charge in [0.1, 0.15) is 5.55 Å². The molecule has 0 unspecified atom stereocenters. The molecule has 1 heterocycles. The van der Waals surface area contributed by atoms with Gasteiger partial charge in [0.15, 0.2) is 0 Å². The van der Waals surface area contributed by atoms with Crippen molar-refractivity contribution in [1.82, 2.24) is 0 Å². The van der Waals surface area contributed by atoms with E-state index in [2.05, 4.69) is 10.5 Å². The van der Waals surface area contributed by atoms with Crippen molar-refractivity contribution in [1.29, 1.82) is 0 Å². The Morgan fingerprint density at radius 2 is 2.50 bits per heavy atom. The Hall–Kier alpha value is 0.514. The largest absolute Gasteiger partial charge is 0.275 e. The van der Waals surface area contributed by atoms with Crippen LogP contribution in [0.4, 0.5) is 0 Å². The standard InChI is InChI=1S/C3H4NS.Ni/c1-2-5-3-4-1;/h1-2H2;. The number of hydrogen-bond donors (Lipinski definition) is 0. The topological polar surface area (TPSA) is 12.4 Å². The number of aliphatic imine (C=N–C) groups is 1. The third kappa shape index (κ3) is 1.83. The summed E-state index contributed by atoms with van der Waals surface area (Å²) in [5.41, 5.74) is 2.76. The molecule has 1 nitrogen and oxygen atoms in total. The molecule has 1 radical (unpaired) electrons. The first kappa shape index (κ1) is 6.51. The summed E-state index contributed by atoms with van der Waals surface area (Å²) in [6.07, 6.45) is 0. The number of hydrogen-bond acceptors (Lipinski definition) is 2. The summed E-state index contributed by atoms with van der Waals surface area (Å²) in [5.74, 6) is 1.14. The van der Waals surface area contributed by atoms with Gasteiger partial charge < -0.3 is 0 Å². The van der Waals surface area contributed by atoms with Crippen molar-refractivity contribution < 1.29 is 16.5 Å². The van der Waals surface area contributed by atoms with Crippen molar-refractivity contribution in [2.75, 3.05) is 12.3 Å². The fourth-order valence-corrected chi connectivity index (χ4v) is 0.685. The zero-order valence-electron chi connectivity index (χ0n) is 3.09. The van der Waals surface area contributed by atoms with Crippen LogP contribution in [0.3, 0.4) is 0 Å². The first-order chi connectivity index (χ1) is 2.50. The van der Waals surface area contributed by atoms with Crippen molar-refractivity contribution in [3.63, 3.8) is 0 Å². The Morgan fingerprint density at radius 1 is 1.67 bits per heavy atom. The number of nitrogens with zero attached hydrogens (tertiary/aromatic N) is 1. The summed E-state index contributed by atoms with van der Waals surface area (Å²) in [5, 5.41) is 0. The number of rotatable bonds is 0. The zero-order chi connectivity index (χ0) is 3.54. The van der Waals surface area contributed by atoms with Gasteiger partial charge in [-0.05, 0) is 0 Å². The minimum Gasteiger partial charge on any atom is -0.275 e. The first-order valence-electron chi connectivity index (χ1n) is 1.53. The van der Waals surface area contributed by atoms with Crippen molar-refractivity contribution in [3.8, 4) is 0 Å². The second-order valence-corrected chi connectivity index (χ2v) is 1.70. The Labute approximate surface area is 51.5 Å². The number of thioether (sulfide) groups is 1. The van der Waals surface area contributed by atoms with Gasteiger partial charge in [0, 0.05) is 28.8 Å². The molecular formula is C3H4NNiS. The van der Waals surface area contributed by atoms with E-state index in [4.69, 9.17) is 0 Å². The maximum atomic E-state index is 3.80. The van der Waals surface area contributed by atoms with E-state index < -0.39 is 0 Å². The molecule has 0 aromatic rings. The Balaban J connectivity index is 0.000000250. The van der Waals surface area contributed by atoms with Crippen LogP contribution in [0.15, 0.2) is 4.99 Å². The molecule has 37 valence electrons. The zero-order valence-corrected chi connectivity index (χ0v) is 4.89. The van der Waals surface area contributed by atoms with Gasteiger partial charge in [0.25, 0.3) is 0 Å². The average molecular weight is 145 g/mol. The molecule has 0 aliphatic carbocycles. The monoisotopic (exact) mass is 144 g/mol. The van der Waals surface area contributed by atoms with Crippen LogP contribution in [0.5, 0.6) is 0 Å². The van der Waals surface area contributed by atoms with E-state index in [0.717, 1.165) is 12.3 Å². The third-order valence-electron chi connectivity index (χ3n) is 0.434. The van der Waals surface area contributed by atoms with Gasteiger partial charge in [-0.25, -0.2) is 0 Å². The van der Waals surface area contributed by atoms with E-state index in [9.17, 15) is 0 Å². The maximum Gasteiger partial charge on any atom is 0.122 e. The van der Waals surface area contributed by atoms with Gasteiger partial charge in [-0.1, -0.05) is 0 Å². The Bertz CT molecular complexity index is 48.8. The van der Waals surface area contributed by atoms with Gasteiger partial charge in [0.05, 0.1) is 0 Å². The van der Waals surface area contributed by atoms with Crippen molar-refractivity contribution in [2.45, 2.75) is 0 Å². The smallest absolute Gasteiger partial charge is 0.122 e. The molecule has 0 spiro atoms. The van der Waals surface area contributed by atoms with Gasteiger partial charge in [-0.3, -0.25) is 4.99 Å². The van der Waals surface area contributed by atoms with Crippen LogP contribution in [-0.4, -0.2) is 17.8 Å². The van der Waals surface area contributed by atoms with Gasteiger partial charge in [-0.2, -0.15) is 0 Å². The first-order valence-corrected chi connectivity index (χ1v) is 2.52. The predicted octanol–water partition coefficient (Wildman–Crippen LogP) is 0.636. The molecule has 6 heavy (non-hydrogen) atoms. The summed E-state index contributed by atoms with van der Waals surface area (Å²) in [7, 11) is 0. The van der Waals surface area contributed by atoms with Crippen molar-refractivity contribution >= 4 is 17.3 Å². The van der Waals surface area contributed by atoms with Gasteiger partial charge in [-0.15, -0.1) is 11.8 Å². The van der Waals surface area contributed by atoms with Crippen molar-refractivity contribution in [2.24, 2.45) is 4.99 Å². The quantitative estimate of drug-likeness (QED) is 0.455. The fourth-order valence-electron chi connectivity index (χ4n) is 0.228. The molecule has 1 aliphatic rings. The molecule has 0 saturated heterocycles. The normalized spacial score (nSPS) is 17.3. The summed E-state index contributed by atoms with van der Waals surface area (Å²) in [6.45, 7) is 0.977. The van der Waals surface area contributed by atoms with E-state index in [1.165, 1.54) is 0 Å². The molecular weight excluding hydrogens is 141 g/mol. The van der Waals surface area contributed by atoms with E-state index in [-0.39, 0.29) is 16.5 Å². The molecule has 0 fully saturated rings. The van der Waals surface area contributed by atoms with Crippen molar-refractivity contribution in [3.05, 3.63) is 0 Å². The average Bonchev–Trinajstić information content (AvgIpc) is 1.76. The van der Waals surface area contributed by atoms with Crippen LogP contribution in [0.25, 0.3) is 0 Å². The van der Waals surface area contributed by atoms with Crippen LogP contribution >= 0.6 is 11.8 Å². The molecule has 0 amide bonds. The summed E-state index contributed by atoms with van der Waals surface area (Å²) < 4.78 is 0. The molecule has 1 aliphatic heterocycles. The predicted molar refractivity (Wildman–Crippen MR) is 24.8 cm³/mol. The van der Waals surface area contributed by atoms with E-state index in [1.807, 2.05) is 0 Å². The van der Waals surface area contributed by atoms with Crippen LogP contribution in [0.2, 0.25) is 0 Å². The fraction of sp³-hybridized carbons (Fsp3) is 0.667. The van der Waals surface area contributed by atoms with Crippen LogP contribution in [-0.2, 0) is 16.5 Å². The van der Waals surface area contributed by atoms with E-state index in [0.29, 0.717) is 0 Å². The molecule has 0 aromatic carbocycles. The molecule has 0 bridgehead atoms. The molecule has 0 aromatic heterocycles. The maximum absolute atomic E-state index is 3.80. The molecule has 0 saturated carbocycles. The van der Waals surface area contributed by atoms with Crippen LogP contribution < -0.4 is 0 Å². The Kier molecular flexibility index (Phi) is 4.01. The summed E-state index contributed by atoms with van der Waals surface area (Å²) >= 11 is 1.66. The van der Waals surface area contributed by atoms with Crippen LogP contribution in [0.1, 0.15) is 0 Å². The molecule has 0 N–H and O–H groups in total. The minimum absolute atomic E-state index is 0. The second kappa shape index (κ2) is 3.69. The van der Waals surface area contributed by atoms with E-state index in [1.54, 1.807) is 11.8 Å². The molecule has 1 rings (SSSR count). The minimum atomic E-state index is 0. The van der Waals surface area contributed by atoms with Gasteiger partial charge >= 0.3 is 0 Å². The summed E-state index contributed by atoms with van der Waals surface area (Å²) in [6, 6.07) is 0. The summed E-state index contributed by atoms with van der Waals surface area (Å²) in [4.78, 5) is 3.80. The van der Waals surface area contributed by atoms with E-state index >= 15 is 0 Å².